The molecule has 1 aliphatic heterocycles. The van der Waals surface area contributed by atoms with Crippen LogP contribution in [0.3, 0.4) is 0 Å². The Morgan fingerprint density at radius 1 is 1.25 bits per heavy atom. The molecule has 0 aliphatic carbocycles. The number of hydrogen-bond acceptors (Lipinski definition) is 4. The van der Waals surface area contributed by atoms with E-state index in [4.69, 9.17) is 9.15 Å². The van der Waals surface area contributed by atoms with Gasteiger partial charge in [-0.15, -0.1) is 0 Å². The van der Waals surface area contributed by atoms with E-state index in [1.54, 1.807) is 6.26 Å². The Kier molecular flexibility index (Phi) is 4.39. The lowest BCUT2D eigenvalue weighted by Gasteiger charge is -2.33. The number of morpholine rings is 1. The first-order valence-electron chi connectivity index (χ1n) is 8.10. The Balaban J connectivity index is 1.53. The average molecular weight is 387 g/mol. The maximum atomic E-state index is 6.06. The Morgan fingerprint density at radius 3 is 3.00 bits per heavy atom. The van der Waals surface area contributed by atoms with E-state index >= 15 is 0 Å². The van der Waals surface area contributed by atoms with Crippen molar-refractivity contribution in [2.75, 3.05) is 19.7 Å². The quantitative estimate of drug-likeness (QED) is 0.622. The summed E-state index contributed by atoms with van der Waals surface area (Å²) in [5.74, 6) is 0. The summed E-state index contributed by atoms with van der Waals surface area (Å²) in [5.41, 5.74) is 3.72. The van der Waals surface area contributed by atoms with Crippen molar-refractivity contribution in [2.24, 2.45) is 0 Å². The predicted molar refractivity (Wildman–Crippen MR) is 96.9 cm³/mol. The Labute approximate surface area is 149 Å². The molecule has 3 heterocycles. The summed E-state index contributed by atoms with van der Waals surface area (Å²) in [6, 6.07) is 8.39. The highest BCUT2D eigenvalue weighted by atomic mass is 79.9. The van der Waals surface area contributed by atoms with Gasteiger partial charge in [-0.05, 0) is 45.6 Å². The van der Waals surface area contributed by atoms with Crippen molar-refractivity contribution in [1.82, 2.24) is 9.88 Å². The van der Waals surface area contributed by atoms with E-state index in [0.717, 1.165) is 36.2 Å². The van der Waals surface area contributed by atoms with Crippen LogP contribution in [0, 0.1) is 6.92 Å². The van der Waals surface area contributed by atoms with Gasteiger partial charge in [0.2, 0.25) is 0 Å². The van der Waals surface area contributed by atoms with Crippen LogP contribution in [0.25, 0.3) is 10.8 Å². The fraction of sp³-hybridized carbons (Fsp3) is 0.316. The Morgan fingerprint density at radius 2 is 2.17 bits per heavy atom. The average Bonchev–Trinajstić information content (AvgIpc) is 3.07. The third kappa shape index (κ3) is 3.11. The van der Waals surface area contributed by atoms with Gasteiger partial charge in [0.1, 0.15) is 4.60 Å². The molecule has 0 N–H and O–H groups in total. The molecule has 4 rings (SSSR count). The van der Waals surface area contributed by atoms with Gasteiger partial charge in [-0.3, -0.25) is 4.90 Å². The molecule has 0 unspecified atom stereocenters. The van der Waals surface area contributed by atoms with Crippen LogP contribution >= 0.6 is 15.9 Å². The topological polar surface area (TPSA) is 38.5 Å². The van der Waals surface area contributed by atoms with Gasteiger partial charge in [-0.25, -0.2) is 4.98 Å². The number of halogens is 1. The molecule has 1 aromatic carbocycles. The van der Waals surface area contributed by atoms with Gasteiger partial charge in [-0.2, -0.15) is 0 Å². The van der Waals surface area contributed by atoms with Crippen LogP contribution < -0.4 is 0 Å². The van der Waals surface area contributed by atoms with Crippen molar-refractivity contribution >= 4 is 26.7 Å². The first-order chi connectivity index (χ1) is 11.7. The number of fused-ring (bicyclic) bond motifs is 1. The summed E-state index contributed by atoms with van der Waals surface area (Å²) >= 11 is 3.38. The van der Waals surface area contributed by atoms with E-state index < -0.39 is 0 Å². The molecule has 0 spiro atoms. The zero-order chi connectivity index (χ0) is 16.5. The van der Waals surface area contributed by atoms with Gasteiger partial charge < -0.3 is 9.15 Å². The Hall–Kier alpha value is -1.69. The maximum Gasteiger partial charge on any atom is 0.106 e. The second-order valence-corrected chi connectivity index (χ2v) is 7.05. The maximum absolute atomic E-state index is 6.06. The zero-order valence-corrected chi connectivity index (χ0v) is 15.1. The first kappa shape index (κ1) is 15.8. The fourth-order valence-electron chi connectivity index (χ4n) is 3.34. The molecular weight excluding hydrogens is 368 g/mol. The standard InChI is InChI=1S/C19H19BrN2O2/c1-13-16(4-3-15-11-23-12-17(13)15)18-10-22(6-7-24-18)9-14-2-5-19(20)21-8-14/h2-5,8,11-12,18H,6-7,9-10H2,1H3/t18-/m0/s1. The molecule has 24 heavy (non-hydrogen) atoms. The van der Waals surface area contributed by atoms with Gasteiger partial charge in [0.15, 0.2) is 0 Å². The molecule has 0 saturated carbocycles. The number of furan rings is 1. The molecule has 5 heteroatoms. The van der Waals surface area contributed by atoms with Crippen molar-refractivity contribution in [3.05, 3.63) is 64.3 Å². The van der Waals surface area contributed by atoms with Crippen LogP contribution in [0.4, 0.5) is 0 Å². The van der Waals surface area contributed by atoms with Crippen LogP contribution in [0.1, 0.15) is 22.8 Å². The number of hydrogen-bond donors (Lipinski definition) is 0. The summed E-state index contributed by atoms with van der Waals surface area (Å²) in [6.07, 6.45) is 5.64. The summed E-state index contributed by atoms with van der Waals surface area (Å²) in [6.45, 7) is 5.62. The van der Waals surface area contributed by atoms with Crippen molar-refractivity contribution in [1.29, 1.82) is 0 Å². The minimum absolute atomic E-state index is 0.0986. The normalized spacial score (nSPS) is 19.0. The third-order valence-corrected chi connectivity index (χ3v) is 5.13. The highest BCUT2D eigenvalue weighted by Gasteiger charge is 2.24. The van der Waals surface area contributed by atoms with Crippen LogP contribution in [0.5, 0.6) is 0 Å². The van der Waals surface area contributed by atoms with Gasteiger partial charge in [0, 0.05) is 36.6 Å². The van der Waals surface area contributed by atoms with E-state index in [-0.39, 0.29) is 6.10 Å². The molecule has 3 aromatic rings. The summed E-state index contributed by atoms with van der Waals surface area (Å²) in [5, 5.41) is 2.31. The summed E-state index contributed by atoms with van der Waals surface area (Å²) in [4.78, 5) is 6.74. The Bertz CT molecular complexity index is 844. The fourth-order valence-corrected chi connectivity index (χ4v) is 3.58. The molecular formula is C19H19BrN2O2. The highest BCUT2D eigenvalue weighted by Crippen LogP contribution is 2.31. The second kappa shape index (κ2) is 6.67. The van der Waals surface area contributed by atoms with E-state index in [1.165, 1.54) is 22.1 Å². The predicted octanol–water partition coefficient (Wildman–Crippen LogP) is 4.47. The van der Waals surface area contributed by atoms with E-state index in [1.807, 2.05) is 18.5 Å². The molecule has 0 bridgehead atoms. The molecule has 0 amide bonds. The zero-order valence-electron chi connectivity index (χ0n) is 13.5. The lowest BCUT2D eigenvalue weighted by atomic mass is 9.98. The first-order valence-corrected chi connectivity index (χ1v) is 8.90. The summed E-state index contributed by atoms with van der Waals surface area (Å²) < 4.78 is 12.3. The number of benzene rings is 1. The van der Waals surface area contributed by atoms with Crippen molar-refractivity contribution in [2.45, 2.75) is 19.6 Å². The van der Waals surface area contributed by atoms with E-state index in [0.29, 0.717) is 0 Å². The lowest BCUT2D eigenvalue weighted by molar-refractivity contribution is -0.0331. The molecule has 124 valence electrons. The van der Waals surface area contributed by atoms with E-state index in [2.05, 4.69) is 50.9 Å². The molecule has 0 radical (unpaired) electrons. The molecule has 1 atom stereocenters. The minimum atomic E-state index is 0.0986. The highest BCUT2D eigenvalue weighted by molar-refractivity contribution is 9.10. The van der Waals surface area contributed by atoms with Gasteiger partial charge in [-0.1, -0.05) is 18.2 Å². The molecule has 1 fully saturated rings. The van der Waals surface area contributed by atoms with Gasteiger partial charge >= 0.3 is 0 Å². The van der Waals surface area contributed by atoms with Crippen molar-refractivity contribution in [3.8, 4) is 0 Å². The number of aryl methyl sites for hydroxylation is 1. The number of ether oxygens (including phenoxy) is 1. The molecule has 1 aliphatic rings. The van der Waals surface area contributed by atoms with Crippen LogP contribution in [0.2, 0.25) is 0 Å². The monoisotopic (exact) mass is 386 g/mol. The van der Waals surface area contributed by atoms with Crippen molar-refractivity contribution in [3.63, 3.8) is 0 Å². The van der Waals surface area contributed by atoms with Crippen LogP contribution in [-0.2, 0) is 11.3 Å². The summed E-state index contributed by atoms with van der Waals surface area (Å²) in [7, 11) is 0. The minimum Gasteiger partial charge on any atom is -0.471 e. The molecule has 2 aromatic heterocycles. The van der Waals surface area contributed by atoms with Gasteiger partial charge in [0.05, 0.1) is 25.2 Å². The van der Waals surface area contributed by atoms with Crippen LogP contribution in [0.15, 0.2) is 52.0 Å². The van der Waals surface area contributed by atoms with E-state index in [9.17, 15) is 0 Å². The molecule has 1 saturated heterocycles. The van der Waals surface area contributed by atoms with Crippen LogP contribution in [-0.4, -0.2) is 29.6 Å². The van der Waals surface area contributed by atoms with Crippen molar-refractivity contribution < 1.29 is 9.15 Å². The number of rotatable bonds is 3. The smallest absolute Gasteiger partial charge is 0.106 e. The second-order valence-electron chi connectivity index (χ2n) is 6.24. The number of pyridine rings is 1. The van der Waals surface area contributed by atoms with Gasteiger partial charge in [0.25, 0.3) is 0 Å². The lowest BCUT2D eigenvalue weighted by Crippen LogP contribution is -2.38. The number of aromatic nitrogens is 1. The molecule has 4 nitrogen and oxygen atoms in total. The third-order valence-electron chi connectivity index (χ3n) is 4.66. The largest absolute Gasteiger partial charge is 0.471 e. The number of nitrogens with zero attached hydrogens (tertiary/aromatic N) is 2. The SMILES string of the molecule is Cc1c([C@@H]2CN(Cc3ccc(Br)nc3)CCO2)ccc2cocc12.